The van der Waals surface area contributed by atoms with Crippen LogP contribution in [0.3, 0.4) is 0 Å². The van der Waals surface area contributed by atoms with Gasteiger partial charge in [0, 0.05) is 0 Å². The highest BCUT2D eigenvalue weighted by molar-refractivity contribution is 5.21. The lowest BCUT2D eigenvalue weighted by Gasteiger charge is -2.22. The van der Waals surface area contributed by atoms with Crippen LogP contribution in [0.5, 0.6) is 0 Å². The molecular formula is C19H31NO4. The lowest BCUT2D eigenvalue weighted by atomic mass is 9.98. The van der Waals surface area contributed by atoms with Crippen molar-refractivity contribution >= 4 is 0 Å². The van der Waals surface area contributed by atoms with Crippen molar-refractivity contribution in [1.29, 1.82) is 0 Å². The quantitative estimate of drug-likeness (QED) is 0.432. The Bertz CT molecular complexity index is 479. The van der Waals surface area contributed by atoms with E-state index < -0.39 is 30.4 Å². The average molecular weight is 337 g/mol. The largest absolute Gasteiger partial charge is 0.395 e. The molecule has 0 aliphatic carbocycles. The number of rotatable bonds is 9. The van der Waals surface area contributed by atoms with Gasteiger partial charge in [-0.2, -0.15) is 0 Å². The summed E-state index contributed by atoms with van der Waals surface area (Å²) in [5.41, 5.74) is 2.65. The van der Waals surface area contributed by atoms with Crippen molar-refractivity contribution < 1.29 is 20.4 Å². The van der Waals surface area contributed by atoms with Gasteiger partial charge in [0.25, 0.3) is 0 Å². The molecule has 0 spiro atoms. The molecular weight excluding hydrogens is 306 g/mol. The van der Waals surface area contributed by atoms with Crippen LogP contribution in [0.1, 0.15) is 43.2 Å². The first-order valence-electron chi connectivity index (χ1n) is 8.99. The molecule has 5 nitrogen and oxygen atoms in total. The van der Waals surface area contributed by atoms with E-state index >= 15 is 0 Å². The van der Waals surface area contributed by atoms with Crippen LogP contribution in [0.4, 0.5) is 0 Å². The van der Waals surface area contributed by atoms with E-state index in [0.29, 0.717) is 6.42 Å². The summed E-state index contributed by atoms with van der Waals surface area (Å²) >= 11 is 0. The molecule has 0 bridgehead atoms. The number of hydrogen-bond donors (Lipinski definition) is 5. The number of hydrogen-bond acceptors (Lipinski definition) is 5. The third-order valence-electron chi connectivity index (χ3n) is 4.98. The van der Waals surface area contributed by atoms with Crippen LogP contribution in [0.2, 0.25) is 0 Å². The minimum atomic E-state index is -1.03. The van der Waals surface area contributed by atoms with Crippen LogP contribution in [-0.2, 0) is 6.42 Å². The normalized spacial score (nSPS) is 28.2. The van der Waals surface area contributed by atoms with Crippen LogP contribution < -0.4 is 5.32 Å². The van der Waals surface area contributed by atoms with Crippen molar-refractivity contribution in [3.8, 4) is 0 Å². The lowest BCUT2D eigenvalue weighted by Crippen LogP contribution is -2.44. The first-order valence-corrected chi connectivity index (χ1v) is 8.99. The van der Waals surface area contributed by atoms with Crippen LogP contribution in [-0.4, -0.2) is 57.4 Å². The molecule has 1 fully saturated rings. The van der Waals surface area contributed by atoms with Crippen LogP contribution in [0, 0.1) is 6.92 Å². The number of aliphatic hydroxyl groups excluding tert-OH is 4. The van der Waals surface area contributed by atoms with Gasteiger partial charge in [0.2, 0.25) is 0 Å². The molecule has 5 atom stereocenters. The van der Waals surface area contributed by atoms with Gasteiger partial charge < -0.3 is 25.7 Å². The molecule has 0 aromatic heterocycles. The summed E-state index contributed by atoms with van der Waals surface area (Å²) in [5, 5.41) is 41.9. The maximum absolute atomic E-state index is 10.2. The Morgan fingerprint density at radius 1 is 1.00 bits per heavy atom. The van der Waals surface area contributed by atoms with Gasteiger partial charge in [0.15, 0.2) is 0 Å². The predicted octanol–water partition coefficient (Wildman–Crippen LogP) is 0.903. The maximum Gasteiger partial charge on any atom is 0.0993 e. The van der Waals surface area contributed by atoms with Gasteiger partial charge in [0.1, 0.15) is 0 Å². The minimum absolute atomic E-state index is 0.250. The van der Waals surface area contributed by atoms with Gasteiger partial charge in [-0.05, 0) is 31.7 Å². The standard InChI is InChI=1S/C19H31NO4/c1-13-8-10-14(11-9-13)6-4-2-3-5-7-16(22)17-19(24)18(23)15(12-21)20-17/h8-11,15-24H,2-7,12H2,1H3/t15-,16-,17-,18-,19-/m1/s1. The molecule has 1 saturated heterocycles. The van der Waals surface area contributed by atoms with Gasteiger partial charge in [-0.3, -0.25) is 0 Å². The molecule has 5 heteroatoms. The van der Waals surface area contributed by atoms with Crippen molar-refractivity contribution in [3.63, 3.8) is 0 Å². The zero-order valence-corrected chi connectivity index (χ0v) is 14.4. The van der Waals surface area contributed by atoms with Crippen LogP contribution in [0.25, 0.3) is 0 Å². The Hall–Kier alpha value is -0.980. The lowest BCUT2D eigenvalue weighted by molar-refractivity contribution is -0.00443. The highest BCUT2D eigenvalue weighted by Gasteiger charge is 2.43. The summed E-state index contributed by atoms with van der Waals surface area (Å²) in [5.74, 6) is 0. The zero-order chi connectivity index (χ0) is 17.5. The molecule has 136 valence electrons. The number of nitrogens with one attached hydrogen (secondary N) is 1. The Kier molecular flexibility index (Phi) is 7.65. The fraction of sp³-hybridized carbons (Fsp3) is 0.684. The average Bonchev–Trinajstić information content (AvgIpc) is 2.87. The second-order valence-corrected chi connectivity index (χ2v) is 6.97. The molecule has 0 amide bonds. The number of benzene rings is 1. The van der Waals surface area contributed by atoms with Gasteiger partial charge in [0.05, 0.1) is 37.0 Å². The molecule has 24 heavy (non-hydrogen) atoms. The summed E-state index contributed by atoms with van der Waals surface area (Å²) in [7, 11) is 0. The minimum Gasteiger partial charge on any atom is -0.395 e. The number of aliphatic hydroxyl groups is 4. The third-order valence-corrected chi connectivity index (χ3v) is 4.98. The molecule has 0 saturated carbocycles. The third kappa shape index (κ3) is 5.26. The van der Waals surface area contributed by atoms with Gasteiger partial charge in [-0.15, -0.1) is 0 Å². The summed E-state index contributed by atoms with van der Waals surface area (Å²) in [4.78, 5) is 0. The summed E-state index contributed by atoms with van der Waals surface area (Å²) in [6.07, 6.45) is 3.08. The molecule has 1 heterocycles. The monoisotopic (exact) mass is 337 g/mol. The fourth-order valence-electron chi connectivity index (χ4n) is 3.36. The fourth-order valence-corrected chi connectivity index (χ4v) is 3.36. The van der Waals surface area contributed by atoms with Gasteiger partial charge in [-0.25, -0.2) is 0 Å². The van der Waals surface area contributed by atoms with E-state index in [1.54, 1.807) is 0 Å². The Morgan fingerprint density at radius 3 is 2.29 bits per heavy atom. The SMILES string of the molecule is Cc1ccc(CCCCCC[C@@H](O)[C@H]2N[C@H](CO)[C@@H](O)[C@@H]2O)cc1. The molecule has 1 aliphatic heterocycles. The first-order chi connectivity index (χ1) is 11.5. The van der Waals surface area contributed by atoms with E-state index in [0.717, 1.165) is 32.1 Å². The molecule has 1 aliphatic rings. The van der Waals surface area contributed by atoms with Crippen LogP contribution >= 0.6 is 0 Å². The maximum atomic E-state index is 10.2. The highest BCUT2D eigenvalue weighted by Crippen LogP contribution is 2.20. The van der Waals surface area contributed by atoms with E-state index in [1.807, 2.05) is 0 Å². The molecule has 0 radical (unpaired) electrons. The molecule has 1 aromatic rings. The van der Waals surface area contributed by atoms with E-state index in [9.17, 15) is 15.3 Å². The van der Waals surface area contributed by atoms with Crippen LogP contribution in [0.15, 0.2) is 24.3 Å². The molecule has 0 unspecified atom stereocenters. The Morgan fingerprint density at radius 2 is 1.67 bits per heavy atom. The van der Waals surface area contributed by atoms with Crippen molar-refractivity contribution in [2.24, 2.45) is 0 Å². The highest BCUT2D eigenvalue weighted by atomic mass is 16.3. The van der Waals surface area contributed by atoms with E-state index in [2.05, 4.69) is 36.5 Å². The van der Waals surface area contributed by atoms with Gasteiger partial charge >= 0.3 is 0 Å². The van der Waals surface area contributed by atoms with Crippen molar-refractivity contribution in [3.05, 3.63) is 35.4 Å². The molecule has 2 rings (SSSR count). The first kappa shape index (κ1) is 19.3. The Balaban J connectivity index is 1.59. The van der Waals surface area contributed by atoms with Crippen molar-refractivity contribution in [2.45, 2.75) is 75.8 Å². The Labute approximate surface area is 144 Å². The zero-order valence-electron chi connectivity index (χ0n) is 14.4. The molecule has 5 N–H and O–H groups in total. The van der Waals surface area contributed by atoms with E-state index in [1.165, 1.54) is 11.1 Å². The topological polar surface area (TPSA) is 93.0 Å². The van der Waals surface area contributed by atoms with E-state index in [4.69, 9.17) is 5.11 Å². The number of aryl methyl sites for hydroxylation is 2. The summed E-state index contributed by atoms with van der Waals surface area (Å²) < 4.78 is 0. The predicted molar refractivity (Wildman–Crippen MR) is 93.8 cm³/mol. The number of unbranched alkanes of at least 4 members (excludes halogenated alkanes) is 3. The van der Waals surface area contributed by atoms with Crippen molar-refractivity contribution in [2.75, 3.05) is 6.61 Å². The smallest absolute Gasteiger partial charge is 0.0993 e. The molecule has 1 aromatic carbocycles. The summed E-state index contributed by atoms with van der Waals surface area (Å²) in [6, 6.07) is 7.50. The van der Waals surface area contributed by atoms with Gasteiger partial charge in [-0.1, -0.05) is 49.1 Å². The van der Waals surface area contributed by atoms with E-state index in [-0.39, 0.29) is 6.61 Å². The second kappa shape index (κ2) is 9.49. The second-order valence-electron chi connectivity index (χ2n) is 6.97. The van der Waals surface area contributed by atoms with Crippen molar-refractivity contribution in [1.82, 2.24) is 5.32 Å². The summed E-state index contributed by atoms with van der Waals surface area (Å²) in [6.45, 7) is 1.84.